The molecule has 1 atom stereocenters. The molecular weight excluding hydrogens is 503 g/mol. The molecule has 1 unspecified atom stereocenters. The molecule has 0 N–H and O–H groups in total. The van der Waals surface area contributed by atoms with Gasteiger partial charge in [-0.15, -0.1) is 0 Å². The summed E-state index contributed by atoms with van der Waals surface area (Å²) in [5.74, 6) is -0.521. The summed E-state index contributed by atoms with van der Waals surface area (Å²) in [6.45, 7) is 8.03. The Morgan fingerprint density at radius 3 is 2.45 bits per heavy atom. The van der Waals surface area contributed by atoms with Crippen molar-refractivity contribution in [3.8, 4) is 6.07 Å². The molecule has 2 fully saturated rings. The normalized spacial score (nSPS) is 18.5. The van der Waals surface area contributed by atoms with Gasteiger partial charge >= 0.3 is 0 Å². The predicted molar refractivity (Wildman–Crippen MR) is 148 cm³/mol. The number of nitriles is 1. The van der Waals surface area contributed by atoms with Crippen LogP contribution in [0.1, 0.15) is 28.5 Å². The van der Waals surface area contributed by atoms with Crippen molar-refractivity contribution in [2.75, 3.05) is 55.6 Å². The number of carbonyl (C=O) groups excluding carboxylic acids is 1. The van der Waals surface area contributed by atoms with Crippen LogP contribution in [0.3, 0.4) is 0 Å². The summed E-state index contributed by atoms with van der Waals surface area (Å²) in [6, 6.07) is 16.5. The fourth-order valence-electron chi connectivity index (χ4n) is 5.56. The van der Waals surface area contributed by atoms with Crippen molar-refractivity contribution in [1.82, 2.24) is 14.4 Å². The smallest absolute Gasteiger partial charge is 0.270 e. The Hall–Kier alpha value is -3.54. The zero-order chi connectivity index (χ0) is 26.8. The third kappa shape index (κ3) is 5.22. The highest BCUT2D eigenvalue weighted by molar-refractivity contribution is 6.33. The molecule has 2 aliphatic rings. The van der Waals surface area contributed by atoms with E-state index < -0.39 is 5.82 Å². The monoisotopic (exact) mass is 534 g/mol. The van der Waals surface area contributed by atoms with Gasteiger partial charge < -0.3 is 19.3 Å². The van der Waals surface area contributed by atoms with Crippen molar-refractivity contribution < 1.29 is 9.18 Å². The van der Waals surface area contributed by atoms with E-state index in [1.165, 1.54) is 6.07 Å². The molecule has 5 rings (SSSR count). The number of benzene rings is 2. The lowest BCUT2D eigenvalue weighted by molar-refractivity contribution is 0.0664. The maximum Gasteiger partial charge on any atom is 0.270 e. The van der Waals surface area contributed by atoms with E-state index in [1.54, 1.807) is 12.1 Å². The summed E-state index contributed by atoms with van der Waals surface area (Å²) in [6.07, 6.45) is 2.04. The van der Waals surface area contributed by atoms with E-state index in [4.69, 9.17) is 11.6 Å². The van der Waals surface area contributed by atoms with E-state index in [9.17, 15) is 14.4 Å². The largest absolute Gasteiger partial charge is 0.368 e. The van der Waals surface area contributed by atoms with Gasteiger partial charge in [-0.2, -0.15) is 5.26 Å². The van der Waals surface area contributed by atoms with Crippen LogP contribution >= 0.6 is 11.6 Å². The number of para-hydroxylation sites is 1. The fourth-order valence-corrected chi connectivity index (χ4v) is 5.81. The predicted octanol–water partition coefficient (Wildman–Crippen LogP) is 4.36. The van der Waals surface area contributed by atoms with Crippen LogP contribution in [0.4, 0.5) is 15.8 Å². The van der Waals surface area contributed by atoms with E-state index in [2.05, 4.69) is 15.9 Å². The number of nitrogens with zero attached hydrogens (tertiary/aromatic N) is 6. The number of rotatable bonds is 5. The first-order valence-electron chi connectivity index (χ1n) is 13.0. The van der Waals surface area contributed by atoms with E-state index in [0.717, 1.165) is 49.0 Å². The second-order valence-corrected chi connectivity index (χ2v) is 10.5. The van der Waals surface area contributed by atoms with Crippen molar-refractivity contribution in [3.05, 3.63) is 82.4 Å². The summed E-state index contributed by atoms with van der Waals surface area (Å²) in [7, 11) is 1.92. The maximum absolute atomic E-state index is 14.1. The molecule has 2 saturated heterocycles. The van der Waals surface area contributed by atoms with Crippen molar-refractivity contribution in [2.45, 2.75) is 19.5 Å². The molecule has 0 spiro atoms. The molecule has 1 amide bonds. The van der Waals surface area contributed by atoms with Gasteiger partial charge in [0, 0.05) is 71.6 Å². The number of aryl methyl sites for hydroxylation is 1. The van der Waals surface area contributed by atoms with Gasteiger partial charge in [0.25, 0.3) is 5.91 Å². The molecule has 0 bridgehead atoms. The Labute approximate surface area is 228 Å². The summed E-state index contributed by atoms with van der Waals surface area (Å²) in [4.78, 5) is 22.1. The number of hydrogen-bond acceptors (Lipinski definition) is 5. The van der Waals surface area contributed by atoms with Crippen LogP contribution in [0.5, 0.6) is 0 Å². The highest BCUT2D eigenvalue weighted by Gasteiger charge is 2.31. The molecule has 198 valence electrons. The minimum absolute atomic E-state index is 0.00538. The second kappa shape index (κ2) is 11.1. The SMILES string of the molecule is CC1CN(c2cccc(F)c2C#N)CCN1C(=O)c1cc(CN2CCN(c3ccccc3Cl)CC2)cn1C. The second-order valence-electron chi connectivity index (χ2n) is 10.1. The summed E-state index contributed by atoms with van der Waals surface area (Å²) in [5.41, 5.74) is 3.50. The zero-order valence-corrected chi connectivity index (χ0v) is 22.5. The Morgan fingerprint density at radius 1 is 1.03 bits per heavy atom. The van der Waals surface area contributed by atoms with Crippen LogP contribution < -0.4 is 9.80 Å². The van der Waals surface area contributed by atoms with E-state index in [1.807, 2.05) is 64.9 Å². The van der Waals surface area contributed by atoms with Crippen molar-refractivity contribution in [3.63, 3.8) is 0 Å². The van der Waals surface area contributed by atoms with E-state index in [-0.39, 0.29) is 17.5 Å². The lowest BCUT2D eigenvalue weighted by Crippen LogP contribution is -2.54. The third-order valence-electron chi connectivity index (χ3n) is 7.58. The molecule has 1 aromatic heterocycles. The first-order valence-corrected chi connectivity index (χ1v) is 13.3. The van der Waals surface area contributed by atoms with Gasteiger partial charge in [0.05, 0.1) is 16.4 Å². The molecule has 2 aromatic carbocycles. The molecule has 38 heavy (non-hydrogen) atoms. The number of aromatic nitrogens is 1. The topological polar surface area (TPSA) is 58.8 Å². The third-order valence-corrected chi connectivity index (χ3v) is 7.90. The number of carbonyl (C=O) groups is 1. The zero-order valence-electron chi connectivity index (χ0n) is 21.8. The highest BCUT2D eigenvalue weighted by Crippen LogP contribution is 2.28. The van der Waals surface area contributed by atoms with Gasteiger partial charge in [0.15, 0.2) is 0 Å². The molecule has 9 heteroatoms. The molecule has 0 aliphatic carbocycles. The number of piperazine rings is 2. The molecular formula is C29H32ClFN6O. The van der Waals surface area contributed by atoms with Crippen molar-refractivity contribution in [1.29, 1.82) is 5.26 Å². The lowest BCUT2D eigenvalue weighted by Gasteiger charge is -2.41. The van der Waals surface area contributed by atoms with Crippen LogP contribution in [0.2, 0.25) is 5.02 Å². The standard InChI is InChI=1S/C29H32ClFN6O/c1-21-18-36(26-9-5-7-25(31)23(26)17-32)14-15-37(21)29(38)28-16-22(19-33(28)2)20-34-10-12-35(13-11-34)27-8-4-3-6-24(27)30/h3-9,16,19,21H,10-15,18,20H2,1-2H3. The number of anilines is 2. The van der Waals surface area contributed by atoms with Crippen LogP contribution in [-0.4, -0.2) is 72.1 Å². The van der Waals surface area contributed by atoms with Gasteiger partial charge in [-0.3, -0.25) is 9.69 Å². The Kier molecular flexibility index (Phi) is 7.59. The number of hydrogen-bond donors (Lipinski definition) is 0. The number of amides is 1. The van der Waals surface area contributed by atoms with Gasteiger partial charge in [-0.1, -0.05) is 29.8 Å². The van der Waals surface area contributed by atoms with Crippen LogP contribution in [0, 0.1) is 17.1 Å². The lowest BCUT2D eigenvalue weighted by atomic mass is 10.1. The molecule has 3 aromatic rings. The van der Waals surface area contributed by atoms with Crippen LogP contribution in [0.25, 0.3) is 0 Å². The minimum Gasteiger partial charge on any atom is -0.368 e. The summed E-state index contributed by atoms with van der Waals surface area (Å²) < 4.78 is 16.0. The van der Waals surface area contributed by atoms with E-state index >= 15 is 0 Å². The van der Waals surface area contributed by atoms with Gasteiger partial charge in [0.1, 0.15) is 23.1 Å². The molecule has 0 saturated carbocycles. The Morgan fingerprint density at radius 2 is 1.74 bits per heavy atom. The van der Waals surface area contributed by atoms with Crippen LogP contribution in [-0.2, 0) is 13.6 Å². The first-order chi connectivity index (χ1) is 18.4. The highest BCUT2D eigenvalue weighted by atomic mass is 35.5. The average Bonchev–Trinajstić information content (AvgIpc) is 3.28. The van der Waals surface area contributed by atoms with Gasteiger partial charge in [-0.25, -0.2) is 4.39 Å². The maximum atomic E-state index is 14.1. The molecule has 0 radical (unpaired) electrons. The van der Waals surface area contributed by atoms with E-state index in [0.29, 0.717) is 31.0 Å². The fraction of sp³-hybridized carbons (Fsp3) is 0.379. The van der Waals surface area contributed by atoms with Crippen molar-refractivity contribution in [2.24, 2.45) is 7.05 Å². The van der Waals surface area contributed by atoms with Gasteiger partial charge in [-0.05, 0) is 42.8 Å². The number of halogens is 2. The van der Waals surface area contributed by atoms with Crippen molar-refractivity contribution >= 4 is 28.9 Å². The Balaban J connectivity index is 1.20. The minimum atomic E-state index is -0.516. The molecule has 3 heterocycles. The quantitative estimate of drug-likeness (QED) is 0.487. The molecule has 2 aliphatic heterocycles. The van der Waals surface area contributed by atoms with Crippen LogP contribution in [0.15, 0.2) is 54.7 Å². The first kappa shape index (κ1) is 26.1. The summed E-state index contributed by atoms with van der Waals surface area (Å²) >= 11 is 6.38. The summed E-state index contributed by atoms with van der Waals surface area (Å²) in [5, 5.41) is 10.2. The molecule has 7 nitrogen and oxygen atoms in total. The van der Waals surface area contributed by atoms with Gasteiger partial charge in [0.2, 0.25) is 0 Å². The average molecular weight is 535 g/mol. The Bertz CT molecular complexity index is 1360.